The van der Waals surface area contributed by atoms with Gasteiger partial charge in [-0.3, -0.25) is 9.59 Å². The molecule has 2 aliphatic heterocycles. The monoisotopic (exact) mass is 1010 g/mol. The van der Waals surface area contributed by atoms with Crippen LogP contribution in [-0.4, -0.2) is 142 Å². The van der Waals surface area contributed by atoms with Crippen molar-refractivity contribution in [2.75, 3.05) is 26.4 Å². The van der Waals surface area contributed by atoms with Crippen molar-refractivity contribution >= 4 is 11.9 Å². The number of esters is 2. The van der Waals surface area contributed by atoms with Gasteiger partial charge in [-0.15, -0.1) is 0 Å². The van der Waals surface area contributed by atoms with E-state index in [0.717, 1.165) is 57.8 Å². The van der Waals surface area contributed by atoms with Crippen LogP contribution in [0.25, 0.3) is 0 Å². The van der Waals surface area contributed by atoms with E-state index in [4.69, 9.17) is 28.4 Å². The Labute approximate surface area is 426 Å². The molecule has 2 aliphatic rings. The molecule has 410 valence electrons. The highest BCUT2D eigenvalue weighted by Gasteiger charge is 2.47. The molecule has 71 heavy (non-hydrogen) atoms. The van der Waals surface area contributed by atoms with Gasteiger partial charge in [-0.2, -0.15) is 0 Å². The summed E-state index contributed by atoms with van der Waals surface area (Å²) in [7, 11) is 0. The summed E-state index contributed by atoms with van der Waals surface area (Å²) in [6.07, 6.45) is 32.6. The van der Waals surface area contributed by atoms with E-state index in [1.807, 2.05) is 36.5 Å². The Hall–Kier alpha value is -2.80. The molecule has 0 aromatic heterocycles. The Balaban J connectivity index is 1.76. The lowest BCUT2D eigenvalue weighted by atomic mass is 9.98. The maximum atomic E-state index is 13.0. The fourth-order valence-electron chi connectivity index (χ4n) is 8.34. The van der Waals surface area contributed by atoms with Crippen molar-refractivity contribution in [3.8, 4) is 0 Å². The van der Waals surface area contributed by atoms with Gasteiger partial charge in [-0.25, -0.2) is 0 Å². The molecule has 2 rings (SSSR count). The SMILES string of the molecule is CC/C=C/C=C/C=C/C=C/CCCCCC(=O)OC(COC(=O)CCCCCCCCC/C=C/CCCCCCCCCCCCC)CO[C@@H]1O[C@H](CO[C@@H]2O[C@H](CO)[C@H](O)C(O)C2O)[C@H](O)C(O)C1O. The predicted octanol–water partition coefficient (Wildman–Crippen LogP) is 8.44. The Bertz CT molecular complexity index is 1470. The highest BCUT2D eigenvalue weighted by molar-refractivity contribution is 5.70. The Morgan fingerprint density at radius 1 is 0.465 bits per heavy atom. The summed E-state index contributed by atoms with van der Waals surface area (Å²) in [5.41, 5.74) is 0. The second kappa shape index (κ2) is 42.5. The van der Waals surface area contributed by atoms with Crippen LogP contribution in [0.3, 0.4) is 0 Å². The van der Waals surface area contributed by atoms with Gasteiger partial charge in [-0.1, -0.05) is 177 Å². The summed E-state index contributed by atoms with van der Waals surface area (Å²) in [5.74, 6) is -0.977. The molecular weight excluding hydrogens is 913 g/mol. The number of aliphatic hydroxyl groups excluding tert-OH is 7. The molecule has 0 spiro atoms. The Morgan fingerprint density at radius 2 is 0.901 bits per heavy atom. The summed E-state index contributed by atoms with van der Waals surface area (Å²) >= 11 is 0. The summed E-state index contributed by atoms with van der Waals surface area (Å²) in [5, 5.41) is 72.1. The first-order chi connectivity index (χ1) is 34.5. The van der Waals surface area contributed by atoms with E-state index >= 15 is 0 Å². The van der Waals surface area contributed by atoms with E-state index in [1.165, 1.54) is 89.9 Å². The van der Waals surface area contributed by atoms with Gasteiger partial charge in [0.25, 0.3) is 0 Å². The molecule has 2 heterocycles. The van der Waals surface area contributed by atoms with Gasteiger partial charge in [0.1, 0.15) is 55.4 Å². The summed E-state index contributed by atoms with van der Waals surface area (Å²) in [6, 6.07) is 0. The zero-order valence-corrected chi connectivity index (χ0v) is 43.4. The molecular formula is C56H96O15. The number of hydrogen-bond donors (Lipinski definition) is 7. The molecule has 15 heteroatoms. The summed E-state index contributed by atoms with van der Waals surface area (Å²) < 4.78 is 33.5. The van der Waals surface area contributed by atoms with E-state index in [9.17, 15) is 45.3 Å². The van der Waals surface area contributed by atoms with Crippen LogP contribution >= 0.6 is 0 Å². The number of hydrogen-bond acceptors (Lipinski definition) is 15. The average Bonchev–Trinajstić information content (AvgIpc) is 3.36. The van der Waals surface area contributed by atoms with Crippen molar-refractivity contribution in [1.82, 2.24) is 0 Å². The highest BCUT2D eigenvalue weighted by atomic mass is 16.7. The van der Waals surface area contributed by atoms with Gasteiger partial charge in [-0.05, 0) is 57.8 Å². The quantitative estimate of drug-likeness (QED) is 0.0132. The van der Waals surface area contributed by atoms with Crippen molar-refractivity contribution in [1.29, 1.82) is 0 Å². The van der Waals surface area contributed by atoms with Crippen molar-refractivity contribution in [2.24, 2.45) is 0 Å². The van der Waals surface area contributed by atoms with E-state index in [2.05, 4.69) is 38.2 Å². The molecule has 0 amide bonds. The highest BCUT2D eigenvalue weighted by Crippen LogP contribution is 2.26. The Morgan fingerprint density at radius 3 is 1.45 bits per heavy atom. The van der Waals surface area contributed by atoms with E-state index in [1.54, 1.807) is 0 Å². The van der Waals surface area contributed by atoms with Gasteiger partial charge in [0.15, 0.2) is 18.7 Å². The predicted molar refractivity (Wildman–Crippen MR) is 275 cm³/mol. The lowest BCUT2D eigenvalue weighted by Gasteiger charge is -2.42. The van der Waals surface area contributed by atoms with E-state index in [-0.39, 0.29) is 19.4 Å². The molecule has 0 bridgehead atoms. The number of aliphatic hydroxyl groups is 7. The number of allylic oxidation sites excluding steroid dienone is 10. The van der Waals surface area contributed by atoms with Crippen LogP contribution in [0.1, 0.15) is 187 Å². The van der Waals surface area contributed by atoms with Crippen LogP contribution in [0.15, 0.2) is 60.8 Å². The molecule has 11 atom stereocenters. The largest absolute Gasteiger partial charge is 0.462 e. The van der Waals surface area contributed by atoms with E-state index < -0.39 is 99.3 Å². The number of carbonyl (C=O) groups is 2. The van der Waals surface area contributed by atoms with Crippen LogP contribution in [0.2, 0.25) is 0 Å². The molecule has 7 N–H and O–H groups in total. The standard InChI is InChI=1S/C56H96O15/c1-3-5-7-9-11-13-15-17-18-19-20-21-22-23-24-25-27-28-30-32-34-36-38-47(58)66-41-44(69-48(59)39-37-35-33-31-29-26-16-14-12-10-8-6-4-2)42-67-55-54(65)52(63)50(61)46(71-55)43-68-56-53(64)51(62)49(60)45(40-57)70-56/h6,8,10,12,14,16,22-23,26,29,44-46,49-57,60-65H,3-5,7,9,11,13,15,17-21,24-25,27-28,30-43H2,1-2H3/b8-6+,12-10+,16-14+,23-22+,29-26+/t44?,45-,46-,49+,50+,51?,52?,53?,54?,55-,56-/m1/s1. The van der Waals surface area contributed by atoms with Gasteiger partial charge in [0.2, 0.25) is 0 Å². The molecule has 2 fully saturated rings. The lowest BCUT2D eigenvalue weighted by molar-refractivity contribution is -0.332. The smallest absolute Gasteiger partial charge is 0.306 e. The number of carbonyl (C=O) groups excluding carboxylic acids is 2. The first-order valence-electron chi connectivity index (χ1n) is 27.4. The lowest BCUT2D eigenvalue weighted by Crippen LogP contribution is -2.61. The third-order valence-corrected chi connectivity index (χ3v) is 12.8. The third kappa shape index (κ3) is 30.2. The first kappa shape index (κ1) is 64.3. The molecule has 2 saturated heterocycles. The van der Waals surface area contributed by atoms with Crippen LogP contribution in [-0.2, 0) is 38.0 Å². The first-order valence-corrected chi connectivity index (χ1v) is 27.4. The molecule has 0 saturated carbocycles. The average molecular weight is 1010 g/mol. The van der Waals surface area contributed by atoms with Crippen molar-refractivity contribution in [3.63, 3.8) is 0 Å². The zero-order valence-electron chi connectivity index (χ0n) is 43.4. The third-order valence-electron chi connectivity index (χ3n) is 12.8. The van der Waals surface area contributed by atoms with Gasteiger partial charge < -0.3 is 64.2 Å². The van der Waals surface area contributed by atoms with Crippen LogP contribution in [0.4, 0.5) is 0 Å². The topological polar surface area (TPSA) is 231 Å². The van der Waals surface area contributed by atoms with Crippen molar-refractivity contribution < 1.29 is 73.8 Å². The minimum Gasteiger partial charge on any atom is -0.462 e. The second-order valence-corrected chi connectivity index (χ2v) is 19.1. The molecule has 0 radical (unpaired) electrons. The van der Waals surface area contributed by atoms with E-state index in [0.29, 0.717) is 12.8 Å². The summed E-state index contributed by atoms with van der Waals surface area (Å²) in [4.78, 5) is 25.8. The summed E-state index contributed by atoms with van der Waals surface area (Å²) in [6.45, 7) is 2.41. The maximum Gasteiger partial charge on any atom is 0.306 e. The minimum atomic E-state index is -1.78. The number of rotatable bonds is 42. The van der Waals surface area contributed by atoms with Gasteiger partial charge >= 0.3 is 11.9 Å². The molecule has 0 aromatic rings. The second-order valence-electron chi connectivity index (χ2n) is 19.1. The maximum absolute atomic E-state index is 13.0. The van der Waals surface area contributed by atoms with Crippen LogP contribution in [0, 0.1) is 0 Å². The van der Waals surface area contributed by atoms with Crippen molar-refractivity contribution in [2.45, 2.75) is 255 Å². The van der Waals surface area contributed by atoms with Gasteiger partial charge in [0.05, 0.1) is 19.8 Å². The number of ether oxygens (including phenoxy) is 6. The fraction of sp³-hybridized carbons (Fsp3) is 0.786. The Kier molecular flexibility index (Phi) is 38.5. The fourth-order valence-corrected chi connectivity index (χ4v) is 8.34. The molecule has 5 unspecified atom stereocenters. The normalized spacial score (nSPS) is 25.6. The van der Waals surface area contributed by atoms with Crippen molar-refractivity contribution in [3.05, 3.63) is 60.8 Å². The minimum absolute atomic E-state index is 0.116. The zero-order chi connectivity index (χ0) is 51.7. The molecule has 0 aromatic carbocycles. The van der Waals surface area contributed by atoms with Crippen LogP contribution < -0.4 is 0 Å². The number of unbranched alkanes of at least 4 members (excludes halogenated alkanes) is 21. The van der Waals surface area contributed by atoms with Gasteiger partial charge in [0, 0.05) is 12.8 Å². The molecule has 15 nitrogen and oxygen atoms in total. The molecule has 0 aliphatic carbocycles. The van der Waals surface area contributed by atoms with Crippen LogP contribution in [0.5, 0.6) is 0 Å².